The van der Waals surface area contributed by atoms with Gasteiger partial charge in [-0.1, -0.05) is 37.0 Å². The van der Waals surface area contributed by atoms with E-state index in [2.05, 4.69) is 4.98 Å². The molecule has 1 unspecified atom stereocenters. The second-order valence-corrected chi connectivity index (χ2v) is 7.08. The van der Waals surface area contributed by atoms with E-state index in [0.717, 1.165) is 34.6 Å². The highest BCUT2D eigenvalue weighted by Gasteiger charge is 2.21. The van der Waals surface area contributed by atoms with Gasteiger partial charge in [-0.25, -0.2) is 9.50 Å². The van der Waals surface area contributed by atoms with Crippen molar-refractivity contribution in [3.63, 3.8) is 0 Å². The van der Waals surface area contributed by atoms with E-state index in [9.17, 15) is 4.79 Å². The Labute approximate surface area is 161 Å². The van der Waals surface area contributed by atoms with Gasteiger partial charge in [0.2, 0.25) is 0 Å². The molecule has 0 saturated heterocycles. The van der Waals surface area contributed by atoms with Gasteiger partial charge >= 0.3 is 5.97 Å². The summed E-state index contributed by atoms with van der Waals surface area (Å²) >= 11 is 12.4. The summed E-state index contributed by atoms with van der Waals surface area (Å²) in [5.74, 6) is -0.755. The van der Waals surface area contributed by atoms with E-state index >= 15 is 0 Å². The Morgan fingerprint density at radius 3 is 2.73 bits per heavy atom. The standard InChI is InChI=1S/C19H19Cl2N3O2/c1-3-15-18(11(2)4-7-17(25)26)19-22-9-8-16(24(19)23-15)13-6-5-12(20)10-14(13)21/h5-6,8-11H,3-4,7H2,1-2H3,(H,25,26). The third-order valence-electron chi connectivity index (χ3n) is 4.46. The van der Waals surface area contributed by atoms with Crippen LogP contribution in [0.15, 0.2) is 30.5 Å². The molecule has 0 bridgehead atoms. The molecular weight excluding hydrogens is 373 g/mol. The number of nitrogens with zero attached hydrogens (tertiary/aromatic N) is 3. The Kier molecular flexibility index (Phi) is 5.49. The number of benzene rings is 1. The van der Waals surface area contributed by atoms with Crippen molar-refractivity contribution in [1.82, 2.24) is 14.6 Å². The van der Waals surface area contributed by atoms with Crippen molar-refractivity contribution >= 4 is 34.8 Å². The molecule has 3 aromatic rings. The molecule has 26 heavy (non-hydrogen) atoms. The predicted molar refractivity (Wildman–Crippen MR) is 103 cm³/mol. The zero-order valence-electron chi connectivity index (χ0n) is 14.5. The first kappa shape index (κ1) is 18.7. The number of carboxylic acid groups (broad SMARTS) is 1. The van der Waals surface area contributed by atoms with Gasteiger partial charge in [-0.15, -0.1) is 0 Å². The Bertz CT molecular complexity index is 969. The van der Waals surface area contributed by atoms with Crippen LogP contribution in [0, 0.1) is 0 Å². The topological polar surface area (TPSA) is 67.5 Å². The number of carbonyl (C=O) groups is 1. The van der Waals surface area contributed by atoms with Gasteiger partial charge in [0.15, 0.2) is 5.65 Å². The molecule has 0 fully saturated rings. The number of hydrogen-bond acceptors (Lipinski definition) is 3. The molecule has 0 amide bonds. The highest BCUT2D eigenvalue weighted by Crippen LogP contribution is 2.33. The molecule has 0 saturated carbocycles. The smallest absolute Gasteiger partial charge is 0.303 e. The minimum atomic E-state index is -0.798. The number of aryl methyl sites for hydroxylation is 1. The lowest BCUT2D eigenvalue weighted by atomic mass is 9.95. The molecule has 0 aliphatic heterocycles. The molecule has 0 aliphatic carbocycles. The first-order chi connectivity index (χ1) is 12.4. The first-order valence-electron chi connectivity index (χ1n) is 8.46. The maximum absolute atomic E-state index is 10.9. The lowest BCUT2D eigenvalue weighted by molar-refractivity contribution is -0.137. The van der Waals surface area contributed by atoms with Gasteiger partial charge in [-0.05, 0) is 43.0 Å². The van der Waals surface area contributed by atoms with Crippen molar-refractivity contribution < 1.29 is 9.90 Å². The Hall–Kier alpha value is -2.11. The molecule has 5 nitrogen and oxygen atoms in total. The van der Waals surface area contributed by atoms with Gasteiger partial charge in [-0.3, -0.25) is 4.79 Å². The number of hydrogen-bond donors (Lipinski definition) is 1. The van der Waals surface area contributed by atoms with Crippen LogP contribution in [0.25, 0.3) is 16.9 Å². The van der Waals surface area contributed by atoms with Crippen LogP contribution in [0.3, 0.4) is 0 Å². The van der Waals surface area contributed by atoms with Gasteiger partial charge in [0.05, 0.1) is 16.4 Å². The predicted octanol–water partition coefficient (Wildman–Crippen LogP) is 5.23. The maximum Gasteiger partial charge on any atom is 0.303 e. The number of halogens is 2. The fraction of sp³-hybridized carbons (Fsp3) is 0.316. The highest BCUT2D eigenvalue weighted by atomic mass is 35.5. The molecular formula is C19H19Cl2N3O2. The van der Waals surface area contributed by atoms with E-state index in [1.54, 1.807) is 22.8 Å². The summed E-state index contributed by atoms with van der Waals surface area (Å²) in [7, 11) is 0. The van der Waals surface area contributed by atoms with E-state index in [-0.39, 0.29) is 12.3 Å². The van der Waals surface area contributed by atoms with Crippen LogP contribution in [0.5, 0.6) is 0 Å². The van der Waals surface area contributed by atoms with E-state index in [1.807, 2.05) is 26.0 Å². The van der Waals surface area contributed by atoms with Gasteiger partial charge < -0.3 is 5.11 Å². The van der Waals surface area contributed by atoms with Crippen LogP contribution < -0.4 is 0 Å². The van der Waals surface area contributed by atoms with Gasteiger partial charge in [0.1, 0.15) is 0 Å². The Morgan fingerprint density at radius 2 is 2.08 bits per heavy atom. The largest absolute Gasteiger partial charge is 0.481 e. The minimum Gasteiger partial charge on any atom is -0.481 e. The van der Waals surface area contributed by atoms with E-state index in [4.69, 9.17) is 33.4 Å². The average Bonchev–Trinajstić information content (AvgIpc) is 2.98. The molecule has 0 spiro atoms. The van der Waals surface area contributed by atoms with E-state index in [1.165, 1.54) is 0 Å². The van der Waals surface area contributed by atoms with Crippen LogP contribution in [0.2, 0.25) is 10.0 Å². The molecule has 136 valence electrons. The van der Waals surface area contributed by atoms with Crippen molar-refractivity contribution in [3.05, 3.63) is 51.8 Å². The number of aliphatic carboxylic acids is 1. The Morgan fingerprint density at radius 1 is 1.31 bits per heavy atom. The van der Waals surface area contributed by atoms with Crippen LogP contribution in [0.1, 0.15) is 43.9 Å². The van der Waals surface area contributed by atoms with Crippen molar-refractivity contribution in [2.24, 2.45) is 0 Å². The third-order valence-corrected chi connectivity index (χ3v) is 5.00. The summed E-state index contributed by atoms with van der Waals surface area (Å²) in [4.78, 5) is 15.4. The summed E-state index contributed by atoms with van der Waals surface area (Å²) in [6.07, 6.45) is 3.12. The summed E-state index contributed by atoms with van der Waals surface area (Å²) in [6.45, 7) is 4.05. The fourth-order valence-electron chi connectivity index (χ4n) is 3.16. The SMILES string of the molecule is CCc1nn2c(-c3ccc(Cl)cc3Cl)ccnc2c1C(C)CCC(=O)O. The molecule has 1 aromatic carbocycles. The lowest BCUT2D eigenvalue weighted by Gasteiger charge is -2.11. The molecule has 2 heterocycles. The second kappa shape index (κ2) is 7.64. The monoisotopic (exact) mass is 391 g/mol. The number of carboxylic acids is 1. The molecule has 1 N–H and O–H groups in total. The van der Waals surface area contributed by atoms with Crippen molar-refractivity contribution in [1.29, 1.82) is 0 Å². The zero-order valence-corrected chi connectivity index (χ0v) is 16.1. The second-order valence-electron chi connectivity index (χ2n) is 6.24. The quantitative estimate of drug-likeness (QED) is 0.624. The average molecular weight is 392 g/mol. The number of fused-ring (bicyclic) bond motifs is 1. The van der Waals surface area contributed by atoms with E-state index < -0.39 is 5.97 Å². The van der Waals surface area contributed by atoms with Crippen LogP contribution in [-0.2, 0) is 11.2 Å². The minimum absolute atomic E-state index is 0.0435. The molecule has 2 aromatic heterocycles. The maximum atomic E-state index is 10.9. The van der Waals surface area contributed by atoms with Crippen molar-refractivity contribution in [3.8, 4) is 11.3 Å². The molecule has 0 radical (unpaired) electrons. The van der Waals surface area contributed by atoms with E-state index in [0.29, 0.717) is 16.5 Å². The van der Waals surface area contributed by atoms with Crippen LogP contribution in [0.4, 0.5) is 0 Å². The van der Waals surface area contributed by atoms with Crippen molar-refractivity contribution in [2.75, 3.05) is 0 Å². The normalized spacial score (nSPS) is 12.5. The first-order valence-corrected chi connectivity index (χ1v) is 9.21. The molecule has 3 rings (SSSR count). The fourth-order valence-corrected chi connectivity index (χ4v) is 3.66. The lowest BCUT2D eigenvalue weighted by Crippen LogP contribution is -2.02. The highest BCUT2D eigenvalue weighted by molar-refractivity contribution is 6.36. The van der Waals surface area contributed by atoms with Crippen LogP contribution >= 0.6 is 23.2 Å². The van der Waals surface area contributed by atoms with Gasteiger partial charge in [0, 0.05) is 28.8 Å². The summed E-state index contributed by atoms with van der Waals surface area (Å²) in [6, 6.07) is 7.21. The molecule has 1 atom stereocenters. The molecule has 0 aliphatic rings. The van der Waals surface area contributed by atoms with Gasteiger partial charge in [0.25, 0.3) is 0 Å². The van der Waals surface area contributed by atoms with Crippen molar-refractivity contribution in [2.45, 2.75) is 39.0 Å². The summed E-state index contributed by atoms with van der Waals surface area (Å²) < 4.78 is 1.79. The number of rotatable bonds is 6. The number of aromatic nitrogens is 3. The summed E-state index contributed by atoms with van der Waals surface area (Å²) in [5, 5.41) is 14.8. The zero-order chi connectivity index (χ0) is 18.8. The third kappa shape index (κ3) is 3.55. The Balaban J connectivity index is 2.15. The summed E-state index contributed by atoms with van der Waals surface area (Å²) in [5.41, 5.74) is 4.30. The van der Waals surface area contributed by atoms with Crippen LogP contribution in [-0.4, -0.2) is 25.7 Å². The van der Waals surface area contributed by atoms with Gasteiger partial charge in [-0.2, -0.15) is 5.10 Å². The molecule has 7 heteroatoms.